The highest BCUT2D eigenvalue weighted by molar-refractivity contribution is 6.00. The molecule has 1 aliphatic heterocycles. The van der Waals surface area contributed by atoms with Gasteiger partial charge in [0.2, 0.25) is 0 Å². The Labute approximate surface area is 59.5 Å². The Bertz CT molecular complexity index is 192. The topological polar surface area (TPSA) is 41.5 Å². The summed E-state index contributed by atoms with van der Waals surface area (Å²) in [5.74, 6) is 0.102. The molecule has 0 radical (unpaired) electrons. The maximum Gasteiger partial charge on any atom is 0.253 e. The minimum absolute atomic E-state index is 0.102. The summed E-state index contributed by atoms with van der Waals surface area (Å²) < 4.78 is 0. The van der Waals surface area contributed by atoms with E-state index in [1.807, 2.05) is 0 Å². The first-order chi connectivity index (χ1) is 4.83. The van der Waals surface area contributed by atoms with E-state index in [4.69, 9.17) is 0 Å². The molecule has 54 valence electrons. The van der Waals surface area contributed by atoms with E-state index in [0.29, 0.717) is 0 Å². The van der Waals surface area contributed by atoms with E-state index in [1.165, 1.54) is 6.34 Å². The van der Waals surface area contributed by atoms with E-state index in [2.05, 4.69) is 10.3 Å². The minimum atomic E-state index is -0.333. The van der Waals surface area contributed by atoms with Gasteiger partial charge in [0.05, 0.1) is 6.34 Å². The molecule has 3 nitrogen and oxygen atoms in total. The van der Waals surface area contributed by atoms with Crippen LogP contribution in [0.5, 0.6) is 0 Å². The van der Waals surface area contributed by atoms with Crippen LogP contribution in [0.3, 0.4) is 0 Å². The monoisotopic (exact) mass is 138 g/mol. The van der Waals surface area contributed by atoms with Gasteiger partial charge in [-0.1, -0.05) is 12.8 Å². The van der Waals surface area contributed by atoms with Crippen LogP contribution in [0.2, 0.25) is 0 Å². The number of carbonyl (C=O) groups excluding carboxylic acids is 1. The van der Waals surface area contributed by atoms with Gasteiger partial charge in [-0.2, -0.15) is 0 Å². The average molecular weight is 138 g/mol. The van der Waals surface area contributed by atoms with Crippen LogP contribution in [0, 0.1) is 0 Å². The quantitative estimate of drug-likeness (QED) is 0.519. The van der Waals surface area contributed by atoms with Crippen molar-refractivity contribution in [2.45, 2.75) is 31.2 Å². The zero-order valence-electron chi connectivity index (χ0n) is 5.76. The lowest BCUT2D eigenvalue weighted by atomic mass is 9.99. The average Bonchev–Trinajstić information content (AvgIpc) is 2.48. The number of hydrogen-bond donors (Lipinski definition) is 1. The van der Waals surface area contributed by atoms with Crippen molar-refractivity contribution in [3.05, 3.63) is 0 Å². The lowest BCUT2D eigenvalue weighted by molar-refractivity contribution is -0.123. The fourth-order valence-corrected chi connectivity index (χ4v) is 1.72. The van der Waals surface area contributed by atoms with Crippen LogP contribution in [0.25, 0.3) is 0 Å². The van der Waals surface area contributed by atoms with Gasteiger partial charge in [0.15, 0.2) is 0 Å². The van der Waals surface area contributed by atoms with Crippen molar-refractivity contribution in [3.8, 4) is 0 Å². The number of nitrogens with zero attached hydrogens (tertiary/aromatic N) is 1. The van der Waals surface area contributed by atoms with Crippen LogP contribution >= 0.6 is 0 Å². The van der Waals surface area contributed by atoms with Gasteiger partial charge >= 0.3 is 0 Å². The summed E-state index contributed by atoms with van der Waals surface area (Å²) in [7, 11) is 0. The standard InChI is InChI=1S/C7H10N2O/c10-6-7(9-5-8-6)3-1-2-4-7/h5H,1-4H2,(H,8,9,10). The zero-order valence-corrected chi connectivity index (χ0v) is 5.76. The fraction of sp³-hybridized carbons (Fsp3) is 0.714. The molecule has 1 aliphatic carbocycles. The van der Waals surface area contributed by atoms with Crippen LogP contribution in [0.1, 0.15) is 25.7 Å². The van der Waals surface area contributed by atoms with E-state index in [9.17, 15) is 4.79 Å². The second kappa shape index (κ2) is 1.81. The minimum Gasteiger partial charge on any atom is -0.315 e. The Morgan fingerprint density at radius 3 is 2.70 bits per heavy atom. The third-order valence-electron chi connectivity index (χ3n) is 2.36. The van der Waals surface area contributed by atoms with Gasteiger partial charge in [-0.3, -0.25) is 9.79 Å². The first-order valence-electron chi connectivity index (χ1n) is 3.68. The van der Waals surface area contributed by atoms with Crippen molar-refractivity contribution in [1.82, 2.24) is 5.32 Å². The van der Waals surface area contributed by atoms with Crippen LogP contribution in [0.15, 0.2) is 4.99 Å². The molecule has 0 unspecified atom stereocenters. The van der Waals surface area contributed by atoms with Crippen LogP contribution in [0.4, 0.5) is 0 Å². The third-order valence-corrected chi connectivity index (χ3v) is 2.36. The van der Waals surface area contributed by atoms with Crippen molar-refractivity contribution in [3.63, 3.8) is 0 Å². The predicted octanol–water partition coefficient (Wildman–Crippen LogP) is 0.457. The molecule has 0 aromatic carbocycles. The normalized spacial score (nSPS) is 27.8. The molecule has 0 aromatic heterocycles. The Kier molecular flexibility index (Phi) is 1.07. The second-order valence-electron chi connectivity index (χ2n) is 2.97. The molecule has 10 heavy (non-hydrogen) atoms. The first kappa shape index (κ1) is 5.89. The van der Waals surface area contributed by atoms with Gasteiger partial charge in [0.25, 0.3) is 5.91 Å². The second-order valence-corrected chi connectivity index (χ2v) is 2.97. The molecule has 0 saturated heterocycles. The van der Waals surface area contributed by atoms with Gasteiger partial charge in [-0.25, -0.2) is 0 Å². The molecule has 1 fully saturated rings. The molecule has 0 bridgehead atoms. The SMILES string of the molecule is O=C1NC=NC12CCCC2. The Balaban J connectivity index is 2.27. The number of aliphatic imine (C=N–C) groups is 1. The maximum atomic E-state index is 11.2. The van der Waals surface area contributed by atoms with Gasteiger partial charge in [0.1, 0.15) is 5.54 Å². The van der Waals surface area contributed by atoms with Crippen LogP contribution in [-0.2, 0) is 4.79 Å². The largest absolute Gasteiger partial charge is 0.315 e. The highest BCUT2D eigenvalue weighted by Gasteiger charge is 2.42. The summed E-state index contributed by atoms with van der Waals surface area (Å²) in [5.41, 5.74) is -0.333. The molecule has 2 aliphatic rings. The Hall–Kier alpha value is -0.860. The van der Waals surface area contributed by atoms with Gasteiger partial charge in [-0.15, -0.1) is 0 Å². The molecule has 1 spiro atoms. The van der Waals surface area contributed by atoms with Crippen molar-refractivity contribution in [2.75, 3.05) is 0 Å². The number of amides is 1. The first-order valence-corrected chi connectivity index (χ1v) is 3.68. The van der Waals surface area contributed by atoms with Crippen molar-refractivity contribution >= 4 is 12.2 Å². The van der Waals surface area contributed by atoms with Gasteiger partial charge in [-0.05, 0) is 12.8 Å². The molecule has 3 heteroatoms. The summed E-state index contributed by atoms with van der Waals surface area (Å²) in [6.45, 7) is 0. The lowest BCUT2D eigenvalue weighted by Crippen LogP contribution is -2.35. The highest BCUT2D eigenvalue weighted by Crippen LogP contribution is 2.34. The molecular formula is C7H10N2O. The van der Waals surface area contributed by atoms with Crippen molar-refractivity contribution < 1.29 is 4.79 Å². The molecule has 1 N–H and O–H groups in total. The summed E-state index contributed by atoms with van der Waals surface area (Å²) >= 11 is 0. The fourth-order valence-electron chi connectivity index (χ4n) is 1.72. The maximum absolute atomic E-state index is 11.2. The summed E-state index contributed by atoms with van der Waals surface area (Å²) in [6.07, 6.45) is 5.70. The van der Waals surface area contributed by atoms with Gasteiger partial charge in [0, 0.05) is 0 Å². The highest BCUT2D eigenvalue weighted by atomic mass is 16.2. The molecule has 1 saturated carbocycles. The van der Waals surface area contributed by atoms with Crippen molar-refractivity contribution in [1.29, 1.82) is 0 Å². The van der Waals surface area contributed by atoms with Crippen molar-refractivity contribution in [2.24, 2.45) is 4.99 Å². The number of rotatable bonds is 0. The number of carbonyl (C=O) groups is 1. The Morgan fingerprint density at radius 1 is 1.50 bits per heavy atom. The molecule has 2 rings (SSSR count). The molecule has 0 aromatic rings. The summed E-state index contributed by atoms with van der Waals surface area (Å²) in [6, 6.07) is 0. The van der Waals surface area contributed by atoms with E-state index in [-0.39, 0.29) is 11.4 Å². The van der Waals surface area contributed by atoms with Crippen LogP contribution < -0.4 is 5.32 Å². The van der Waals surface area contributed by atoms with E-state index >= 15 is 0 Å². The lowest BCUT2D eigenvalue weighted by Gasteiger charge is -2.14. The van der Waals surface area contributed by atoms with E-state index in [0.717, 1.165) is 25.7 Å². The smallest absolute Gasteiger partial charge is 0.253 e. The zero-order chi connectivity index (χ0) is 7.03. The predicted molar refractivity (Wildman–Crippen MR) is 37.8 cm³/mol. The number of nitrogens with one attached hydrogen (secondary N) is 1. The van der Waals surface area contributed by atoms with Gasteiger partial charge < -0.3 is 5.32 Å². The number of hydrogen-bond acceptors (Lipinski definition) is 2. The summed E-state index contributed by atoms with van der Waals surface area (Å²) in [5, 5.41) is 2.62. The molecule has 1 heterocycles. The van der Waals surface area contributed by atoms with E-state index in [1.54, 1.807) is 0 Å². The van der Waals surface area contributed by atoms with Crippen LogP contribution in [-0.4, -0.2) is 17.8 Å². The molecule has 0 atom stereocenters. The summed E-state index contributed by atoms with van der Waals surface area (Å²) in [4.78, 5) is 15.3. The molecule has 1 amide bonds. The molecular weight excluding hydrogens is 128 g/mol. The van der Waals surface area contributed by atoms with E-state index < -0.39 is 0 Å². The Morgan fingerprint density at radius 2 is 2.20 bits per heavy atom. The third kappa shape index (κ3) is 0.602.